The van der Waals surface area contributed by atoms with Crippen LogP contribution in [0.2, 0.25) is 0 Å². The van der Waals surface area contributed by atoms with Gasteiger partial charge in [-0.2, -0.15) is 0 Å². The van der Waals surface area contributed by atoms with Crippen molar-refractivity contribution in [3.63, 3.8) is 0 Å². The summed E-state index contributed by atoms with van der Waals surface area (Å²) in [5, 5.41) is 6.47. The molecule has 4 rings (SSSR count). The molecule has 1 saturated carbocycles. The molecule has 5 nitrogen and oxygen atoms in total. The lowest BCUT2D eigenvalue weighted by Gasteiger charge is -2.37. The first-order chi connectivity index (χ1) is 13.7. The van der Waals surface area contributed by atoms with E-state index in [1.807, 2.05) is 18.2 Å². The Morgan fingerprint density at radius 3 is 2.54 bits per heavy atom. The second kappa shape index (κ2) is 9.19. The highest BCUT2D eigenvalue weighted by Gasteiger charge is 2.31. The van der Waals surface area contributed by atoms with Crippen LogP contribution in [0.4, 0.5) is 5.69 Å². The smallest absolute Gasteiger partial charge is 0.224 e. The SMILES string of the molecule is O=C(CC1CCCCCC1)Nc1cccc2c1C(=O)CN(C1CCNCC1)C2. The third kappa shape index (κ3) is 4.64. The van der Waals surface area contributed by atoms with Crippen molar-refractivity contribution in [1.82, 2.24) is 10.2 Å². The number of Topliss-reactive ketones (excluding diaryl/α,β-unsaturated/α-hetero) is 1. The van der Waals surface area contributed by atoms with Crippen LogP contribution in [0, 0.1) is 5.92 Å². The summed E-state index contributed by atoms with van der Waals surface area (Å²) in [7, 11) is 0. The van der Waals surface area contributed by atoms with Crippen molar-refractivity contribution in [3.8, 4) is 0 Å². The molecule has 0 unspecified atom stereocenters. The molecule has 28 heavy (non-hydrogen) atoms. The Balaban J connectivity index is 1.43. The summed E-state index contributed by atoms with van der Waals surface area (Å²) in [6.45, 7) is 3.32. The second-order valence-electron chi connectivity index (χ2n) is 8.76. The van der Waals surface area contributed by atoms with Gasteiger partial charge in [0.1, 0.15) is 0 Å². The van der Waals surface area contributed by atoms with Crippen LogP contribution >= 0.6 is 0 Å². The molecule has 0 atom stereocenters. The molecule has 2 aliphatic heterocycles. The summed E-state index contributed by atoms with van der Waals surface area (Å²) in [5.41, 5.74) is 2.51. The Morgan fingerprint density at radius 2 is 1.79 bits per heavy atom. The molecular formula is C23H33N3O2. The number of piperidine rings is 1. The van der Waals surface area contributed by atoms with Gasteiger partial charge in [0, 0.05) is 24.6 Å². The topological polar surface area (TPSA) is 61.4 Å². The number of benzene rings is 1. The molecule has 5 heteroatoms. The van der Waals surface area contributed by atoms with Gasteiger partial charge >= 0.3 is 0 Å². The first kappa shape index (κ1) is 19.6. The molecule has 0 aromatic heterocycles. The van der Waals surface area contributed by atoms with Crippen molar-refractivity contribution in [3.05, 3.63) is 29.3 Å². The molecule has 3 aliphatic rings. The first-order valence-corrected chi connectivity index (χ1v) is 11.1. The fourth-order valence-electron chi connectivity index (χ4n) is 5.17. The lowest BCUT2D eigenvalue weighted by Crippen LogP contribution is -2.47. The molecule has 1 aromatic carbocycles. The summed E-state index contributed by atoms with van der Waals surface area (Å²) < 4.78 is 0. The molecule has 0 radical (unpaired) electrons. The maximum Gasteiger partial charge on any atom is 0.224 e. The zero-order valence-corrected chi connectivity index (χ0v) is 16.8. The number of amides is 1. The summed E-state index contributed by atoms with van der Waals surface area (Å²) in [6.07, 6.45) is 10.2. The number of nitrogens with zero attached hydrogens (tertiary/aromatic N) is 1. The summed E-state index contributed by atoms with van der Waals surface area (Å²) in [5.74, 6) is 0.701. The minimum atomic E-state index is 0.0638. The van der Waals surface area contributed by atoms with Crippen LogP contribution in [0.25, 0.3) is 0 Å². The summed E-state index contributed by atoms with van der Waals surface area (Å²) in [6, 6.07) is 6.38. The van der Waals surface area contributed by atoms with Crippen molar-refractivity contribution in [2.45, 2.75) is 70.4 Å². The van der Waals surface area contributed by atoms with Crippen molar-refractivity contribution in [2.75, 3.05) is 25.0 Å². The van der Waals surface area contributed by atoms with Crippen LogP contribution in [0.1, 0.15) is 73.7 Å². The lowest BCUT2D eigenvalue weighted by molar-refractivity contribution is -0.117. The molecule has 2 N–H and O–H groups in total. The third-order valence-electron chi connectivity index (χ3n) is 6.70. The number of hydrogen-bond donors (Lipinski definition) is 2. The number of hydrogen-bond acceptors (Lipinski definition) is 4. The monoisotopic (exact) mass is 383 g/mol. The normalized spacial score (nSPS) is 22.5. The van der Waals surface area contributed by atoms with Gasteiger partial charge in [-0.1, -0.05) is 37.8 Å². The molecule has 2 fully saturated rings. The van der Waals surface area contributed by atoms with E-state index in [-0.39, 0.29) is 11.7 Å². The van der Waals surface area contributed by atoms with Gasteiger partial charge < -0.3 is 10.6 Å². The fraction of sp³-hybridized carbons (Fsp3) is 0.652. The van der Waals surface area contributed by atoms with E-state index < -0.39 is 0 Å². The van der Waals surface area contributed by atoms with Crippen LogP contribution in [0.3, 0.4) is 0 Å². The van der Waals surface area contributed by atoms with Crippen LogP contribution in [0.15, 0.2) is 18.2 Å². The first-order valence-electron chi connectivity index (χ1n) is 11.1. The quantitative estimate of drug-likeness (QED) is 0.778. The van der Waals surface area contributed by atoms with Crippen molar-refractivity contribution < 1.29 is 9.59 Å². The minimum Gasteiger partial charge on any atom is -0.325 e. The second-order valence-corrected chi connectivity index (χ2v) is 8.76. The number of ketones is 1. The van der Waals surface area contributed by atoms with Gasteiger partial charge in [-0.05, 0) is 56.3 Å². The number of rotatable bonds is 4. The van der Waals surface area contributed by atoms with E-state index in [0.29, 0.717) is 30.6 Å². The van der Waals surface area contributed by atoms with E-state index in [2.05, 4.69) is 15.5 Å². The molecule has 1 saturated heterocycles. The lowest BCUT2D eigenvalue weighted by atomic mass is 9.93. The van der Waals surface area contributed by atoms with Crippen molar-refractivity contribution in [1.29, 1.82) is 0 Å². The fourth-order valence-corrected chi connectivity index (χ4v) is 5.17. The van der Waals surface area contributed by atoms with E-state index in [1.165, 1.54) is 25.7 Å². The van der Waals surface area contributed by atoms with Gasteiger partial charge in [-0.25, -0.2) is 0 Å². The van der Waals surface area contributed by atoms with Crippen LogP contribution in [-0.4, -0.2) is 42.3 Å². The van der Waals surface area contributed by atoms with Gasteiger partial charge in [-0.15, -0.1) is 0 Å². The predicted octanol–water partition coefficient (Wildman–Crippen LogP) is 3.74. The van der Waals surface area contributed by atoms with Gasteiger partial charge in [0.25, 0.3) is 0 Å². The molecule has 0 bridgehead atoms. The van der Waals surface area contributed by atoms with Crippen LogP contribution in [-0.2, 0) is 11.3 Å². The Bertz CT molecular complexity index is 704. The van der Waals surface area contributed by atoms with Crippen molar-refractivity contribution >= 4 is 17.4 Å². The third-order valence-corrected chi connectivity index (χ3v) is 6.70. The Labute approximate surface area is 168 Å². The van der Waals surface area contributed by atoms with E-state index in [0.717, 1.165) is 56.4 Å². The Kier molecular flexibility index (Phi) is 6.43. The summed E-state index contributed by atoms with van der Waals surface area (Å²) >= 11 is 0. The highest BCUT2D eigenvalue weighted by molar-refractivity contribution is 6.07. The molecule has 0 spiro atoms. The number of carbonyl (C=O) groups excluding carboxylic acids is 2. The largest absolute Gasteiger partial charge is 0.325 e. The highest BCUT2D eigenvalue weighted by Crippen LogP contribution is 2.30. The number of carbonyl (C=O) groups is 2. The maximum absolute atomic E-state index is 13.0. The Hall–Kier alpha value is -1.72. The molecule has 1 aromatic rings. The van der Waals surface area contributed by atoms with Crippen LogP contribution in [0.5, 0.6) is 0 Å². The maximum atomic E-state index is 13.0. The van der Waals surface area contributed by atoms with Gasteiger partial charge in [0.2, 0.25) is 5.91 Å². The molecular weight excluding hydrogens is 350 g/mol. The van der Waals surface area contributed by atoms with Crippen molar-refractivity contribution in [2.24, 2.45) is 5.92 Å². The van der Waals surface area contributed by atoms with Gasteiger partial charge in [0.05, 0.1) is 12.2 Å². The van der Waals surface area contributed by atoms with Gasteiger partial charge in [0.15, 0.2) is 5.78 Å². The standard InChI is InChI=1S/C23H33N3O2/c27-21-16-26(19-10-12-24-13-11-19)15-18-8-5-9-20(23(18)21)25-22(28)14-17-6-3-1-2-4-7-17/h5,8-9,17,19,24H,1-4,6-7,10-16H2,(H,25,28). The summed E-state index contributed by atoms with van der Waals surface area (Å²) in [4.78, 5) is 27.9. The molecule has 1 amide bonds. The Morgan fingerprint density at radius 1 is 1.04 bits per heavy atom. The van der Waals surface area contributed by atoms with E-state index >= 15 is 0 Å². The number of nitrogens with one attached hydrogen (secondary N) is 2. The zero-order chi connectivity index (χ0) is 19.3. The molecule has 1 aliphatic carbocycles. The van der Waals surface area contributed by atoms with Crippen LogP contribution < -0.4 is 10.6 Å². The predicted molar refractivity (Wildman–Crippen MR) is 112 cm³/mol. The molecule has 152 valence electrons. The van der Waals surface area contributed by atoms with E-state index in [9.17, 15) is 9.59 Å². The van der Waals surface area contributed by atoms with E-state index in [1.54, 1.807) is 0 Å². The van der Waals surface area contributed by atoms with Gasteiger partial charge in [-0.3, -0.25) is 14.5 Å². The highest BCUT2D eigenvalue weighted by atomic mass is 16.1. The van der Waals surface area contributed by atoms with E-state index in [4.69, 9.17) is 0 Å². The molecule has 2 heterocycles. The zero-order valence-electron chi connectivity index (χ0n) is 16.8. The number of anilines is 1. The minimum absolute atomic E-state index is 0.0638. The average molecular weight is 384 g/mol. The average Bonchev–Trinajstić information content (AvgIpc) is 2.97. The number of fused-ring (bicyclic) bond motifs is 1.